The molecular weight excluding hydrogens is 312 g/mol. The molecule has 2 atom stereocenters. The van der Waals surface area contributed by atoms with Gasteiger partial charge in [0.25, 0.3) is 0 Å². The molecule has 0 aromatic rings. The molecule has 2 heterocycles. The van der Waals surface area contributed by atoms with Gasteiger partial charge in [-0.05, 0) is 49.4 Å². The third-order valence-electron chi connectivity index (χ3n) is 7.46. The quantitative estimate of drug-likeness (QED) is 0.737. The van der Waals surface area contributed by atoms with Crippen molar-refractivity contribution in [3.8, 4) is 0 Å². The van der Waals surface area contributed by atoms with E-state index in [9.17, 15) is 4.79 Å². The van der Waals surface area contributed by atoms with Gasteiger partial charge in [-0.15, -0.1) is 0 Å². The Kier molecular flexibility index (Phi) is 4.93. The van der Waals surface area contributed by atoms with Crippen LogP contribution in [0.5, 0.6) is 0 Å². The maximum Gasteiger partial charge on any atom is 0.225 e. The Bertz CT molecular complexity index is 536. The molecule has 0 aromatic carbocycles. The summed E-state index contributed by atoms with van der Waals surface area (Å²) in [6.07, 6.45) is 8.13. The highest BCUT2D eigenvalue weighted by atomic mass is 16.5. The standard InChI is InChI=1S/C21H34N2O2/c1-21(2)18-5-4-17(19(21)14-18)15-22-8-3-9-23(11-10-22)20(24)16-6-12-25-13-7-16/h4,16,18-19H,3,5-15H2,1-2H3/t18-,19-/m0/s1. The minimum absolute atomic E-state index is 0.203. The largest absolute Gasteiger partial charge is 0.381 e. The van der Waals surface area contributed by atoms with E-state index in [1.165, 1.54) is 12.8 Å². The van der Waals surface area contributed by atoms with Crippen LogP contribution in [0.15, 0.2) is 11.6 Å². The number of nitrogens with zero attached hydrogens (tertiary/aromatic N) is 2. The van der Waals surface area contributed by atoms with Crippen LogP contribution < -0.4 is 0 Å². The molecule has 25 heavy (non-hydrogen) atoms. The van der Waals surface area contributed by atoms with Crippen molar-refractivity contribution >= 4 is 5.91 Å². The lowest BCUT2D eigenvalue weighted by molar-refractivity contribution is -0.138. The van der Waals surface area contributed by atoms with E-state index in [0.717, 1.165) is 77.0 Å². The maximum atomic E-state index is 12.8. The summed E-state index contributed by atoms with van der Waals surface area (Å²) < 4.78 is 5.41. The summed E-state index contributed by atoms with van der Waals surface area (Å²) in [6.45, 7) is 11.5. The summed E-state index contributed by atoms with van der Waals surface area (Å²) in [6, 6.07) is 0. The average molecular weight is 347 g/mol. The van der Waals surface area contributed by atoms with Gasteiger partial charge in [0.1, 0.15) is 0 Å². The molecule has 3 fully saturated rings. The molecule has 2 aliphatic heterocycles. The maximum absolute atomic E-state index is 12.8. The van der Waals surface area contributed by atoms with E-state index in [0.29, 0.717) is 11.3 Å². The highest BCUT2D eigenvalue weighted by molar-refractivity contribution is 5.79. The van der Waals surface area contributed by atoms with Crippen molar-refractivity contribution in [2.75, 3.05) is 45.9 Å². The summed E-state index contributed by atoms with van der Waals surface area (Å²) in [4.78, 5) is 17.5. The van der Waals surface area contributed by atoms with Crippen molar-refractivity contribution < 1.29 is 9.53 Å². The van der Waals surface area contributed by atoms with Crippen molar-refractivity contribution in [3.05, 3.63) is 11.6 Å². The fourth-order valence-electron chi connectivity index (χ4n) is 5.47. The molecular formula is C21H34N2O2. The molecule has 0 spiro atoms. The lowest BCUT2D eigenvalue weighted by Gasteiger charge is -2.57. The normalized spacial score (nSPS) is 33.4. The molecule has 5 rings (SSSR count). The van der Waals surface area contributed by atoms with Gasteiger partial charge in [-0.25, -0.2) is 0 Å². The Morgan fingerprint density at radius 1 is 1.20 bits per heavy atom. The molecule has 3 aliphatic carbocycles. The van der Waals surface area contributed by atoms with Crippen LogP contribution in [0.2, 0.25) is 0 Å². The molecule has 5 aliphatic rings. The van der Waals surface area contributed by atoms with Crippen LogP contribution in [0.4, 0.5) is 0 Å². The number of rotatable bonds is 3. The number of carbonyl (C=O) groups is 1. The molecule has 4 nitrogen and oxygen atoms in total. The topological polar surface area (TPSA) is 32.8 Å². The highest BCUT2D eigenvalue weighted by Gasteiger charge is 2.51. The van der Waals surface area contributed by atoms with Crippen LogP contribution >= 0.6 is 0 Å². The van der Waals surface area contributed by atoms with Gasteiger partial charge < -0.3 is 9.64 Å². The Balaban J connectivity index is 1.31. The van der Waals surface area contributed by atoms with Gasteiger partial charge in [0.2, 0.25) is 5.91 Å². The number of hydrogen-bond acceptors (Lipinski definition) is 3. The van der Waals surface area contributed by atoms with Crippen LogP contribution in [0.3, 0.4) is 0 Å². The summed E-state index contributed by atoms with van der Waals surface area (Å²) in [5.74, 6) is 2.30. The van der Waals surface area contributed by atoms with Gasteiger partial charge in [-0.3, -0.25) is 9.69 Å². The first-order chi connectivity index (χ1) is 12.1. The summed E-state index contributed by atoms with van der Waals surface area (Å²) in [5.41, 5.74) is 2.19. The molecule has 2 saturated heterocycles. The van der Waals surface area contributed by atoms with Gasteiger partial charge in [0, 0.05) is 51.9 Å². The predicted molar refractivity (Wildman–Crippen MR) is 99.3 cm³/mol. The molecule has 0 radical (unpaired) electrons. The molecule has 1 saturated carbocycles. The van der Waals surface area contributed by atoms with Crippen molar-refractivity contribution in [1.82, 2.24) is 9.80 Å². The van der Waals surface area contributed by atoms with Crippen molar-refractivity contribution in [2.45, 2.75) is 46.0 Å². The van der Waals surface area contributed by atoms with E-state index in [1.54, 1.807) is 5.57 Å². The van der Waals surface area contributed by atoms with E-state index in [1.807, 2.05) is 0 Å². The summed E-state index contributed by atoms with van der Waals surface area (Å²) >= 11 is 0. The first kappa shape index (κ1) is 17.5. The van der Waals surface area contributed by atoms with Gasteiger partial charge in [0.05, 0.1) is 0 Å². The third kappa shape index (κ3) is 3.40. The van der Waals surface area contributed by atoms with Gasteiger partial charge >= 0.3 is 0 Å². The Morgan fingerprint density at radius 3 is 2.72 bits per heavy atom. The molecule has 0 N–H and O–H groups in total. The molecule has 0 unspecified atom stereocenters. The van der Waals surface area contributed by atoms with E-state index in [-0.39, 0.29) is 5.92 Å². The van der Waals surface area contributed by atoms with Crippen LogP contribution in [0.1, 0.15) is 46.0 Å². The monoisotopic (exact) mass is 346 g/mol. The van der Waals surface area contributed by atoms with Gasteiger partial charge in [0.15, 0.2) is 0 Å². The first-order valence-electron chi connectivity index (χ1n) is 10.3. The van der Waals surface area contributed by atoms with E-state index >= 15 is 0 Å². The molecule has 2 bridgehead atoms. The predicted octanol–water partition coefficient (Wildman–Crippen LogP) is 2.94. The second kappa shape index (κ2) is 7.03. The molecule has 140 valence electrons. The lowest BCUT2D eigenvalue weighted by Crippen LogP contribution is -2.50. The molecule has 1 amide bonds. The Hall–Kier alpha value is -0.870. The van der Waals surface area contributed by atoms with Crippen molar-refractivity contribution in [2.24, 2.45) is 23.2 Å². The zero-order chi connectivity index (χ0) is 17.4. The van der Waals surface area contributed by atoms with Crippen LogP contribution in [-0.4, -0.2) is 61.6 Å². The average Bonchev–Trinajstić information content (AvgIpc) is 2.87. The molecule has 4 heteroatoms. The second-order valence-electron chi connectivity index (χ2n) is 9.16. The van der Waals surface area contributed by atoms with E-state index in [2.05, 4.69) is 29.7 Å². The van der Waals surface area contributed by atoms with Crippen LogP contribution in [0, 0.1) is 23.2 Å². The van der Waals surface area contributed by atoms with E-state index < -0.39 is 0 Å². The fraction of sp³-hybridized carbons (Fsp3) is 0.857. The highest BCUT2D eigenvalue weighted by Crippen LogP contribution is 2.59. The Morgan fingerprint density at radius 2 is 2.00 bits per heavy atom. The second-order valence-corrected chi connectivity index (χ2v) is 9.16. The van der Waals surface area contributed by atoms with Crippen LogP contribution in [-0.2, 0) is 9.53 Å². The van der Waals surface area contributed by atoms with Crippen molar-refractivity contribution in [3.63, 3.8) is 0 Å². The summed E-state index contributed by atoms with van der Waals surface area (Å²) in [7, 11) is 0. The number of amides is 1. The number of ether oxygens (including phenoxy) is 1. The number of carbonyl (C=O) groups excluding carboxylic acids is 1. The van der Waals surface area contributed by atoms with E-state index in [4.69, 9.17) is 4.74 Å². The smallest absolute Gasteiger partial charge is 0.225 e. The lowest BCUT2D eigenvalue weighted by atomic mass is 9.49. The van der Waals surface area contributed by atoms with Crippen LogP contribution in [0.25, 0.3) is 0 Å². The minimum atomic E-state index is 0.203. The minimum Gasteiger partial charge on any atom is -0.381 e. The number of fused-ring (bicyclic) bond motifs is 1. The zero-order valence-corrected chi connectivity index (χ0v) is 16.0. The first-order valence-corrected chi connectivity index (χ1v) is 10.3. The number of allylic oxidation sites excluding steroid dienone is 1. The fourth-order valence-corrected chi connectivity index (χ4v) is 5.47. The van der Waals surface area contributed by atoms with Crippen molar-refractivity contribution in [1.29, 1.82) is 0 Å². The van der Waals surface area contributed by atoms with Gasteiger partial charge in [-0.1, -0.05) is 25.5 Å². The molecule has 0 aromatic heterocycles. The Labute approximate surface area is 152 Å². The number of hydrogen-bond donors (Lipinski definition) is 0. The van der Waals surface area contributed by atoms with Gasteiger partial charge in [-0.2, -0.15) is 0 Å². The summed E-state index contributed by atoms with van der Waals surface area (Å²) in [5, 5.41) is 0. The SMILES string of the molecule is CC1(C)[C@H]2CC=C(CN3CCCN(C(=O)C4CCOCC4)CC3)[C@@H]1C2. The third-order valence-corrected chi connectivity index (χ3v) is 7.46. The zero-order valence-electron chi connectivity index (χ0n) is 16.0.